The zero-order chi connectivity index (χ0) is 14.2. The Morgan fingerprint density at radius 3 is 3.00 bits per heavy atom. The number of pyridine rings is 1. The summed E-state index contributed by atoms with van der Waals surface area (Å²) in [4.78, 5) is 7.02. The Balaban J connectivity index is 1.55. The molecule has 1 aromatic carbocycles. The number of nitrogens with one attached hydrogen (secondary N) is 1. The van der Waals surface area contributed by atoms with Crippen LogP contribution in [0.1, 0.15) is 19.3 Å². The third-order valence-corrected chi connectivity index (χ3v) is 4.92. The molecule has 4 heteroatoms. The van der Waals surface area contributed by atoms with Gasteiger partial charge in [0.15, 0.2) is 0 Å². The molecule has 0 bridgehead atoms. The van der Waals surface area contributed by atoms with Crippen molar-refractivity contribution >= 4 is 28.2 Å². The molecule has 2 aliphatic rings. The highest BCUT2D eigenvalue weighted by Gasteiger charge is 2.27. The first kappa shape index (κ1) is 13.4. The van der Waals surface area contributed by atoms with E-state index in [1.54, 1.807) is 0 Å². The van der Waals surface area contributed by atoms with Gasteiger partial charge >= 0.3 is 0 Å². The molecular weight excluding hydrogens is 282 g/mol. The van der Waals surface area contributed by atoms with E-state index >= 15 is 0 Å². The third kappa shape index (κ3) is 2.72. The first-order valence-corrected chi connectivity index (χ1v) is 8.20. The largest absolute Gasteiger partial charge is 0.369 e. The molecule has 1 aromatic heterocycles. The first-order chi connectivity index (χ1) is 10.3. The molecule has 0 spiro atoms. The van der Waals surface area contributed by atoms with Crippen LogP contribution in [0.15, 0.2) is 30.5 Å². The zero-order valence-electron chi connectivity index (χ0n) is 12.1. The van der Waals surface area contributed by atoms with Gasteiger partial charge in [0.05, 0.1) is 16.2 Å². The lowest BCUT2D eigenvalue weighted by Gasteiger charge is -2.20. The second kappa shape index (κ2) is 5.47. The van der Waals surface area contributed by atoms with E-state index in [0.717, 1.165) is 47.5 Å². The van der Waals surface area contributed by atoms with Crippen LogP contribution in [-0.2, 0) is 0 Å². The fourth-order valence-corrected chi connectivity index (χ4v) is 3.43. The number of hydrogen-bond donors (Lipinski definition) is 1. The standard InChI is InChI=1S/C17H20ClN3/c18-15-5-6-16(17-14(15)2-1-8-19-17)21-9-7-12(11-21)10-20-13-3-4-13/h1-2,5-6,8,12-13,20H,3-4,7,9-11H2. The van der Waals surface area contributed by atoms with E-state index in [9.17, 15) is 0 Å². The van der Waals surface area contributed by atoms with Crippen molar-refractivity contribution in [2.75, 3.05) is 24.5 Å². The fraction of sp³-hybridized carbons (Fsp3) is 0.471. The Morgan fingerprint density at radius 2 is 2.14 bits per heavy atom. The quantitative estimate of drug-likeness (QED) is 0.937. The summed E-state index contributed by atoms with van der Waals surface area (Å²) < 4.78 is 0. The number of anilines is 1. The molecule has 2 aromatic rings. The van der Waals surface area contributed by atoms with E-state index in [-0.39, 0.29) is 0 Å². The van der Waals surface area contributed by atoms with Gasteiger partial charge in [-0.1, -0.05) is 11.6 Å². The summed E-state index contributed by atoms with van der Waals surface area (Å²) >= 11 is 6.29. The third-order valence-electron chi connectivity index (χ3n) is 4.59. The summed E-state index contributed by atoms with van der Waals surface area (Å²) in [5.74, 6) is 0.750. The van der Waals surface area contributed by atoms with Crippen molar-refractivity contribution in [3.63, 3.8) is 0 Å². The zero-order valence-corrected chi connectivity index (χ0v) is 12.8. The monoisotopic (exact) mass is 301 g/mol. The summed E-state index contributed by atoms with van der Waals surface area (Å²) in [5.41, 5.74) is 2.25. The summed E-state index contributed by atoms with van der Waals surface area (Å²) in [6.45, 7) is 3.39. The summed E-state index contributed by atoms with van der Waals surface area (Å²) in [7, 11) is 0. The highest BCUT2D eigenvalue weighted by molar-refractivity contribution is 6.35. The molecular formula is C17H20ClN3. The first-order valence-electron chi connectivity index (χ1n) is 7.83. The maximum atomic E-state index is 6.29. The second-order valence-electron chi connectivity index (χ2n) is 6.25. The molecule has 2 fully saturated rings. The topological polar surface area (TPSA) is 28.2 Å². The van der Waals surface area contributed by atoms with Crippen LogP contribution in [0.2, 0.25) is 5.02 Å². The molecule has 21 heavy (non-hydrogen) atoms. The Kier molecular flexibility index (Phi) is 3.48. The van der Waals surface area contributed by atoms with Gasteiger partial charge in [0.1, 0.15) is 0 Å². The van der Waals surface area contributed by atoms with Crippen molar-refractivity contribution in [2.24, 2.45) is 5.92 Å². The molecule has 1 saturated heterocycles. The van der Waals surface area contributed by atoms with Crippen molar-refractivity contribution < 1.29 is 0 Å². The number of hydrogen-bond acceptors (Lipinski definition) is 3. The van der Waals surface area contributed by atoms with Gasteiger partial charge in [-0.15, -0.1) is 0 Å². The van der Waals surface area contributed by atoms with Gasteiger partial charge in [-0.2, -0.15) is 0 Å². The van der Waals surface area contributed by atoms with E-state index in [1.165, 1.54) is 24.9 Å². The van der Waals surface area contributed by atoms with Crippen LogP contribution in [0.3, 0.4) is 0 Å². The Morgan fingerprint density at radius 1 is 1.24 bits per heavy atom. The van der Waals surface area contributed by atoms with Gasteiger partial charge in [0, 0.05) is 30.7 Å². The second-order valence-corrected chi connectivity index (χ2v) is 6.66. The normalized spacial score (nSPS) is 22.1. The number of rotatable bonds is 4. The van der Waals surface area contributed by atoms with Crippen LogP contribution in [-0.4, -0.2) is 30.7 Å². The molecule has 110 valence electrons. The van der Waals surface area contributed by atoms with Crippen molar-refractivity contribution in [1.82, 2.24) is 10.3 Å². The molecule has 1 saturated carbocycles. The minimum Gasteiger partial charge on any atom is -0.369 e. The van der Waals surface area contributed by atoms with Crippen LogP contribution in [0.5, 0.6) is 0 Å². The lowest BCUT2D eigenvalue weighted by Crippen LogP contribution is -2.27. The molecule has 0 radical (unpaired) electrons. The number of nitrogens with zero attached hydrogens (tertiary/aromatic N) is 2. The minimum absolute atomic E-state index is 0.750. The van der Waals surface area contributed by atoms with E-state index in [4.69, 9.17) is 11.6 Å². The number of halogens is 1. The number of aromatic nitrogens is 1. The fourth-order valence-electron chi connectivity index (χ4n) is 3.22. The van der Waals surface area contributed by atoms with Crippen LogP contribution >= 0.6 is 11.6 Å². The van der Waals surface area contributed by atoms with Crippen LogP contribution < -0.4 is 10.2 Å². The Bertz CT molecular complexity index is 654. The molecule has 1 aliphatic carbocycles. The Hall–Kier alpha value is -1.32. The van der Waals surface area contributed by atoms with E-state index in [1.807, 2.05) is 18.3 Å². The van der Waals surface area contributed by atoms with Crippen LogP contribution in [0.25, 0.3) is 10.9 Å². The highest BCUT2D eigenvalue weighted by atomic mass is 35.5. The van der Waals surface area contributed by atoms with Crippen molar-refractivity contribution in [3.8, 4) is 0 Å². The number of fused-ring (bicyclic) bond motifs is 1. The van der Waals surface area contributed by atoms with Crippen molar-refractivity contribution in [3.05, 3.63) is 35.5 Å². The predicted molar refractivity (Wildman–Crippen MR) is 88.1 cm³/mol. The average Bonchev–Trinajstić information content (AvgIpc) is 3.23. The van der Waals surface area contributed by atoms with Gasteiger partial charge in [-0.25, -0.2) is 0 Å². The maximum absolute atomic E-state index is 6.29. The maximum Gasteiger partial charge on any atom is 0.0950 e. The highest BCUT2D eigenvalue weighted by Crippen LogP contribution is 2.33. The summed E-state index contributed by atoms with van der Waals surface area (Å²) in [6.07, 6.45) is 5.84. The van der Waals surface area contributed by atoms with Crippen molar-refractivity contribution in [2.45, 2.75) is 25.3 Å². The molecule has 2 heterocycles. The van der Waals surface area contributed by atoms with Gasteiger partial charge < -0.3 is 10.2 Å². The van der Waals surface area contributed by atoms with Gasteiger partial charge in [0.25, 0.3) is 0 Å². The van der Waals surface area contributed by atoms with E-state index in [2.05, 4.69) is 27.3 Å². The molecule has 3 nitrogen and oxygen atoms in total. The predicted octanol–water partition coefficient (Wildman–Crippen LogP) is 3.47. The molecule has 1 atom stereocenters. The molecule has 0 amide bonds. The van der Waals surface area contributed by atoms with E-state index in [0.29, 0.717) is 0 Å². The lowest BCUT2D eigenvalue weighted by atomic mass is 10.1. The molecule has 1 aliphatic heterocycles. The van der Waals surface area contributed by atoms with E-state index < -0.39 is 0 Å². The summed E-state index contributed by atoms with van der Waals surface area (Å²) in [6, 6.07) is 8.92. The van der Waals surface area contributed by atoms with Gasteiger partial charge in [0.2, 0.25) is 0 Å². The average molecular weight is 302 g/mol. The number of benzene rings is 1. The summed E-state index contributed by atoms with van der Waals surface area (Å²) in [5, 5.41) is 5.49. The van der Waals surface area contributed by atoms with Crippen molar-refractivity contribution in [1.29, 1.82) is 0 Å². The SMILES string of the molecule is Clc1ccc(N2CCC(CNC3CC3)C2)c2ncccc12. The molecule has 4 rings (SSSR count). The van der Waals surface area contributed by atoms with Crippen LogP contribution in [0.4, 0.5) is 5.69 Å². The van der Waals surface area contributed by atoms with Gasteiger partial charge in [-0.3, -0.25) is 4.98 Å². The minimum atomic E-state index is 0.750. The van der Waals surface area contributed by atoms with Crippen LogP contribution in [0, 0.1) is 5.92 Å². The smallest absolute Gasteiger partial charge is 0.0950 e. The molecule has 1 unspecified atom stereocenters. The molecule has 1 N–H and O–H groups in total. The lowest BCUT2D eigenvalue weighted by molar-refractivity contribution is 0.515. The Labute approximate surface area is 130 Å². The van der Waals surface area contributed by atoms with Gasteiger partial charge in [-0.05, 0) is 56.0 Å².